The number of hydrogen-bond acceptors (Lipinski definition) is 2. The van der Waals surface area contributed by atoms with Gasteiger partial charge in [-0.2, -0.15) is 0 Å². The van der Waals surface area contributed by atoms with E-state index in [1.807, 2.05) is 0 Å². The van der Waals surface area contributed by atoms with Crippen LogP contribution in [0.1, 0.15) is 64.2 Å². The van der Waals surface area contributed by atoms with Gasteiger partial charge in [-0.15, -0.1) is 0 Å². The van der Waals surface area contributed by atoms with Gasteiger partial charge in [0.05, 0.1) is 6.10 Å². The minimum atomic E-state index is -0.401. The highest BCUT2D eigenvalue weighted by Gasteiger charge is 2.30. The Bertz CT molecular complexity index is 435. The molecule has 1 fully saturated rings. The van der Waals surface area contributed by atoms with Crippen molar-refractivity contribution in [2.24, 2.45) is 11.3 Å². The van der Waals surface area contributed by atoms with E-state index < -0.39 is 6.10 Å². The first-order valence-electron chi connectivity index (χ1n) is 8.36. The summed E-state index contributed by atoms with van der Waals surface area (Å²) in [6.07, 6.45) is 4.43. The third kappa shape index (κ3) is 5.12. The molecule has 0 bridgehead atoms. The lowest BCUT2D eigenvalue weighted by Crippen LogP contribution is -2.31. The smallest absolute Gasteiger partial charge is 0.0914 e. The van der Waals surface area contributed by atoms with Crippen LogP contribution in [0.5, 0.6) is 0 Å². The maximum Gasteiger partial charge on any atom is 0.0914 e. The Morgan fingerprint density at radius 1 is 1.24 bits per heavy atom. The van der Waals surface area contributed by atoms with Crippen molar-refractivity contribution in [1.29, 1.82) is 0 Å². The van der Waals surface area contributed by atoms with Gasteiger partial charge in [0.25, 0.3) is 0 Å². The van der Waals surface area contributed by atoms with E-state index in [4.69, 9.17) is 0 Å². The third-order valence-corrected chi connectivity index (χ3v) is 4.58. The quantitative estimate of drug-likeness (QED) is 0.827. The molecule has 2 nitrogen and oxygen atoms in total. The first kappa shape index (κ1) is 16.5. The molecule has 1 aromatic carbocycles. The fourth-order valence-electron chi connectivity index (χ4n) is 3.35. The Labute approximate surface area is 130 Å². The molecule has 21 heavy (non-hydrogen) atoms. The van der Waals surface area contributed by atoms with Crippen molar-refractivity contribution in [3.05, 3.63) is 35.4 Å². The highest BCUT2D eigenvalue weighted by Crippen LogP contribution is 2.37. The number of aliphatic hydroxyl groups is 1. The third-order valence-electron chi connectivity index (χ3n) is 4.58. The molecule has 2 atom stereocenters. The van der Waals surface area contributed by atoms with Crippen molar-refractivity contribution in [2.75, 3.05) is 6.54 Å². The van der Waals surface area contributed by atoms with E-state index >= 15 is 0 Å². The molecule has 0 spiro atoms. The summed E-state index contributed by atoms with van der Waals surface area (Å²) >= 11 is 0. The summed E-state index contributed by atoms with van der Waals surface area (Å²) in [5.41, 5.74) is 2.83. The molecule has 1 aromatic rings. The lowest BCUT2D eigenvalue weighted by Gasteiger charge is -2.20. The van der Waals surface area contributed by atoms with Crippen LogP contribution in [0.4, 0.5) is 0 Å². The van der Waals surface area contributed by atoms with E-state index in [0.29, 0.717) is 23.9 Å². The number of benzene rings is 1. The maximum absolute atomic E-state index is 10.3. The largest absolute Gasteiger partial charge is 0.387 e. The molecular formula is C19H31NO. The highest BCUT2D eigenvalue weighted by atomic mass is 16.3. The molecule has 2 unspecified atom stereocenters. The molecule has 0 saturated heterocycles. The monoisotopic (exact) mass is 289 g/mol. The molecule has 0 aromatic heterocycles. The first-order chi connectivity index (χ1) is 9.85. The van der Waals surface area contributed by atoms with Crippen LogP contribution in [0, 0.1) is 11.3 Å². The molecule has 0 radical (unpaired) electrons. The van der Waals surface area contributed by atoms with E-state index in [1.165, 1.54) is 24.8 Å². The molecule has 0 aliphatic heterocycles. The zero-order chi connectivity index (χ0) is 15.5. The topological polar surface area (TPSA) is 32.3 Å². The zero-order valence-electron chi connectivity index (χ0n) is 14.0. The van der Waals surface area contributed by atoms with Crippen molar-refractivity contribution in [1.82, 2.24) is 5.32 Å². The average Bonchev–Trinajstić information content (AvgIpc) is 2.76. The summed E-state index contributed by atoms with van der Waals surface area (Å²) in [4.78, 5) is 0. The second-order valence-corrected chi connectivity index (χ2v) is 7.87. The van der Waals surface area contributed by atoms with Gasteiger partial charge in [0.1, 0.15) is 0 Å². The summed E-state index contributed by atoms with van der Waals surface area (Å²) < 4.78 is 0. The van der Waals surface area contributed by atoms with Crippen molar-refractivity contribution >= 4 is 0 Å². The van der Waals surface area contributed by atoms with Crippen LogP contribution in [0.2, 0.25) is 0 Å². The van der Waals surface area contributed by atoms with Gasteiger partial charge in [-0.1, -0.05) is 52.0 Å². The lowest BCUT2D eigenvalue weighted by molar-refractivity contribution is 0.169. The number of aliphatic hydroxyl groups excluding tert-OH is 1. The Morgan fingerprint density at radius 2 is 1.90 bits per heavy atom. The van der Waals surface area contributed by atoms with Gasteiger partial charge in [0.2, 0.25) is 0 Å². The Kier molecular flexibility index (Phi) is 5.45. The van der Waals surface area contributed by atoms with E-state index in [0.717, 1.165) is 12.0 Å². The fourth-order valence-corrected chi connectivity index (χ4v) is 3.35. The Morgan fingerprint density at radius 3 is 2.43 bits per heavy atom. The molecule has 2 rings (SSSR count). The Balaban J connectivity index is 1.82. The van der Waals surface area contributed by atoms with Crippen LogP contribution in [0.25, 0.3) is 0 Å². The molecule has 0 amide bonds. The van der Waals surface area contributed by atoms with E-state index in [2.05, 4.69) is 57.3 Å². The standard InChI is InChI=1S/C19H31NO/c1-14(2)11-15-5-7-16(8-6-15)18(21)13-20-17-9-10-19(3,4)12-17/h5-8,14,17-18,20-21H,9-13H2,1-4H3. The molecule has 2 N–H and O–H groups in total. The van der Waals surface area contributed by atoms with Gasteiger partial charge in [-0.3, -0.25) is 0 Å². The van der Waals surface area contributed by atoms with Crippen LogP contribution in [0.3, 0.4) is 0 Å². The predicted octanol–water partition coefficient (Wildman–Crippen LogP) is 4.09. The summed E-state index contributed by atoms with van der Waals surface area (Å²) in [6, 6.07) is 9.01. The van der Waals surface area contributed by atoms with Gasteiger partial charge in [0.15, 0.2) is 0 Å². The normalized spacial score (nSPS) is 22.7. The summed E-state index contributed by atoms with van der Waals surface area (Å²) in [5, 5.41) is 13.9. The van der Waals surface area contributed by atoms with Gasteiger partial charge in [-0.05, 0) is 48.1 Å². The molecule has 2 heteroatoms. The minimum absolute atomic E-state index is 0.401. The Hall–Kier alpha value is -0.860. The van der Waals surface area contributed by atoms with Crippen LogP contribution < -0.4 is 5.32 Å². The SMILES string of the molecule is CC(C)Cc1ccc(C(O)CNC2CCC(C)(C)C2)cc1. The molecular weight excluding hydrogens is 258 g/mol. The molecule has 0 heterocycles. The summed E-state index contributed by atoms with van der Waals surface area (Å²) in [6.45, 7) is 9.78. The van der Waals surface area contributed by atoms with Crippen LogP contribution in [-0.2, 0) is 6.42 Å². The summed E-state index contributed by atoms with van der Waals surface area (Å²) in [7, 11) is 0. The van der Waals surface area contributed by atoms with Crippen molar-refractivity contribution in [3.8, 4) is 0 Å². The van der Waals surface area contributed by atoms with Crippen molar-refractivity contribution in [2.45, 2.75) is 65.5 Å². The predicted molar refractivity (Wildman–Crippen MR) is 89.4 cm³/mol. The number of rotatable bonds is 6. The molecule has 1 saturated carbocycles. The van der Waals surface area contributed by atoms with E-state index in [1.54, 1.807) is 0 Å². The molecule has 1 aliphatic carbocycles. The second kappa shape index (κ2) is 6.93. The van der Waals surface area contributed by atoms with Crippen LogP contribution in [0.15, 0.2) is 24.3 Å². The maximum atomic E-state index is 10.3. The summed E-state index contributed by atoms with van der Waals surface area (Å²) in [5.74, 6) is 0.674. The highest BCUT2D eigenvalue weighted by molar-refractivity contribution is 5.24. The van der Waals surface area contributed by atoms with E-state index in [9.17, 15) is 5.11 Å². The van der Waals surface area contributed by atoms with Crippen molar-refractivity contribution < 1.29 is 5.11 Å². The van der Waals surface area contributed by atoms with E-state index in [-0.39, 0.29) is 0 Å². The van der Waals surface area contributed by atoms with Crippen LogP contribution >= 0.6 is 0 Å². The first-order valence-corrected chi connectivity index (χ1v) is 8.36. The molecule has 118 valence electrons. The van der Waals surface area contributed by atoms with Gasteiger partial charge in [0, 0.05) is 12.6 Å². The van der Waals surface area contributed by atoms with Crippen molar-refractivity contribution in [3.63, 3.8) is 0 Å². The van der Waals surface area contributed by atoms with Gasteiger partial charge >= 0.3 is 0 Å². The average molecular weight is 289 g/mol. The lowest BCUT2D eigenvalue weighted by atomic mass is 9.92. The minimum Gasteiger partial charge on any atom is -0.387 e. The van der Waals surface area contributed by atoms with Gasteiger partial charge in [-0.25, -0.2) is 0 Å². The van der Waals surface area contributed by atoms with Crippen LogP contribution in [-0.4, -0.2) is 17.7 Å². The molecule has 1 aliphatic rings. The number of hydrogen-bond donors (Lipinski definition) is 2. The van der Waals surface area contributed by atoms with Gasteiger partial charge < -0.3 is 10.4 Å². The zero-order valence-corrected chi connectivity index (χ0v) is 14.0. The fraction of sp³-hybridized carbons (Fsp3) is 0.684. The second-order valence-electron chi connectivity index (χ2n) is 7.87. The number of nitrogens with one attached hydrogen (secondary N) is 1.